The number of carbonyl (C=O) groups is 2. The third-order valence-corrected chi connectivity index (χ3v) is 4.39. The van der Waals surface area contributed by atoms with E-state index in [2.05, 4.69) is 25.7 Å². The maximum atomic E-state index is 13.0. The number of hydrogen-bond donors (Lipinski definition) is 2. The fourth-order valence-electron chi connectivity index (χ4n) is 3.02. The number of anilines is 2. The summed E-state index contributed by atoms with van der Waals surface area (Å²) in [5.41, 5.74) is 2.20. The molecule has 28 heavy (non-hydrogen) atoms. The molecule has 1 atom stereocenters. The van der Waals surface area contributed by atoms with E-state index in [1.807, 2.05) is 25.1 Å². The van der Waals surface area contributed by atoms with Gasteiger partial charge in [-0.25, -0.2) is 4.68 Å². The number of aromatic nitrogens is 4. The van der Waals surface area contributed by atoms with Crippen molar-refractivity contribution in [2.45, 2.75) is 19.4 Å². The molecule has 2 N–H and O–H groups in total. The molecule has 0 radical (unpaired) electrons. The number of rotatable bonds is 4. The lowest BCUT2D eigenvalue weighted by atomic mass is 10.1. The van der Waals surface area contributed by atoms with Crippen LogP contribution in [0.3, 0.4) is 0 Å². The number of aryl methyl sites for hydroxylation is 1. The van der Waals surface area contributed by atoms with Crippen LogP contribution >= 0.6 is 0 Å². The van der Waals surface area contributed by atoms with Crippen molar-refractivity contribution in [3.05, 3.63) is 48.3 Å². The van der Waals surface area contributed by atoms with Gasteiger partial charge in [0.2, 0.25) is 17.8 Å². The molecule has 0 saturated heterocycles. The van der Waals surface area contributed by atoms with Crippen molar-refractivity contribution < 1.29 is 14.3 Å². The predicted octanol–water partition coefficient (Wildman–Crippen LogP) is 2.18. The number of pyridine rings is 1. The van der Waals surface area contributed by atoms with Crippen LogP contribution in [0.4, 0.5) is 11.6 Å². The van der Waals surface area contributed by atoms with Gasteiger partial charge in [-0.1, -0.05) is 6.07 Å². The second-order valence-electron chi connectivity index (χ2n) is 6.41. The van der Waals surface area contributed by atoms with Gasteiger partial charge in [0.15, 0.2) is 5.82 Å². The zero-order chi connectivity index (χ0) is 19.7. The molecule has 9 nitrogen and oxygen atoms in total. The highest BCUT2D eigenvalue weighted by Gasteiger charge is 2.33. The number of fused-ring (bicyclic) bond motifs is 1. The summed E-state index contributed by atoms with van der Waals surface area (Å²) in [7, 11) is 1.53. The lowest BCUT2D eigenvalue weighted by Gasteiger charge is -2.23. The minimum absolute atomic E-state index is 0.0389. The molecule has 3 aromatic rings. The normalized spacial score (nSPS) is 15.5. The van der Waals surface area contributed by atoms with Crippen LogP contribution < -0.4 is 15.4 Å². The first-order valence-electron chi connectivity index (χ1n) is 8.67. The Hall–Kier alpha value is -3.75. The van der Waals surface area contributed by atoms with Gasteiger partial charge in [-0.2, -0.15) is 4.98 Å². The Morgan fingerprint density at radius 1 is 1.36 bits per heavy atom. The highest BCUT2D eigenvalue weighted by atomic mass is 16.5. The average Bonchev–Trinajstić information content (AvgIpc) is 3.12. The number of methoxy groups -OCH3 is 1. The van der Waals surface area contributed by atoms with Crippen molar-refractivity contribution in [1.29, 1.82) is 0 Å². The smallest absolute Gasteiger partial charge is 0.250 e. The topological polar surface area (TPSA) is 111 Å². The van der Waals surface area contributed by atoms with Gasteiger partial charge in [0.05, 0.1) is 19.2 Å². The molecule has 1 aromatic carbocycles. The lowest BCUT2D eigenvalue weighted by molar-refractivity contribution is -0.125. The summed E-state index contributed by atoms with van der Waals surface area (Å²) >= 11 is 0. The summed E-state index contributed by atoms with van der Waals surface area (Å²) in [6, 6.07) is 8.22. The standard InChI is InChI=1S/C19H18N6O3/c1-11-5-6-15(28-2)13(8-11)21-18(27)14-9-16(26)22-19-23-17(24-25(14)19)12-4-3-7-20-10-12/h3-8,10,14H,9H2,1-2H3,(H,21,27)(H,22,23,24,26). The molecule has 1 aliphatic heterocycles. The number of ether oxygens (including phenoxy) is 1. The number of amides is 2. The van der Waals surface area contributed by atoms with Gasteiger partial charge in [-0.05, 0) is 36.8 Å². The molecule has 3 heterocycles. The number of carbonyl (C=O) groups excluding carboxylic acids is 2. The summed E-state index contributed by atoms with van der Waals surface area (Å²) in [6.45, 7) is 1.92. The summed E-state index contributed by atoms with van der Waals surface area (Å²) in [5, 5.41) is 9.91. The number of hydrogen-bond acceptors (Lipinski definition) is 6. The Balaban J connectivity index is 1.66. The first-order valence-corrected chi connectivity index (χ1v) is 8.67. The van der Waals surface area contributed by atoms with E-state index in [1.54, 1.807) is 24.5 Å². The van der Waals surface area contributed by atoms with E-state index in [9.17, 15) is 9.59 Å². The van der Waals surface area contributed by atoms with Gasteiger partial charge in [-0.15, -0.1) is 5.10 Å². The largest absolute Gasteiger partial charge is 0.495 e. The molecule has 0 aliphatic carbocycles. The fraction of sp³-hybridized carbons (Fsp3) is 0.211. The minimum Gasteiger partial charge on any atom is -0.495 e. The summed E-state index contributed by atoms with van der Waals surface area (Å²) < 4.78 is 6.74. The van der Waals surface area contributed by atoms with E-state index >= 15 is 0 Å². The van der Waals surface area contributed by atoms with E-state index in [0.717, 1.165) is 5.56 Å². The quantitative estimate of drug-likeness (QED) is 0.720. The average molecular weight is 378 g/mol. The van der Waals surface area contributed by atoms with Crippen molar-refractivity contribution in [2.24, 2.45) is 0 Å². The lowest BCUT2D eigenvalue weighted by Crippen LogP contribution is -2.36. The number of nitrogens with zero attached hydrogens (tertiary/aromatic N) is 4. The van der Waals surface area contributed by atoms with Crippen LogP contribution in [0.15, 0.2) is 42.7 Å². The van der Waals surface area contributed by atoms with Crippen LogP contribution in [-0.2, 0) is 9.59 Å². The Morgan fingerprint density at radius 3 is 2.96 bits per heavy atom. The molecular formula is C19H18N6O3. The third kappa shape index (κ3) is 3.29. The van der Waals surface area contributed by atoms with E-state index < -0.39 is 6.04 Å². The molecule has 0 spiro atoms. The predicted molar refractivity (Wildman–Crippen MR) is 102 cm³/mol. The SMILES string of the molecule is COc1ccc(C)cc1NC(=O)C1CC(=O)Nc2nc(-c3cccnc3)nn21. The monoisotopic (exact) mass is 378 g/mol. The number of benzene rings is 1. The van der Waals surface area contributed by atoms with Gasteiger partial charge < -0.3 is 10.1 Å². The summed E-state index contributed by atoms with van der Waals surface area (Å²) in [6.07, 6.45) is 3.23. The van der Waals surface area contributed by atoms with E-state index in [0.29, 0.717) is 22.8 Å². The maximum Gasteiger partial charge on any atom is 0.250 e. The maximum absolute atomic E-state index is 13.0. The van der Waals surface area contributed by atoms with Crippen LogP contribution in [-0.4, -0.2) is 38.7 Å². The van der Waals surface area contributed by atoms with Gasteiger partial charge >= 0.3 is 0 Å². The van der Waals surface area contributed by atoms with Crippen molar-refractivity contribution in [1.82, 2.24) is 19.7 Å². The fourth-order valence-corrected chi connectivity index (χ4v) is 3.02. The first-order chi connectivity index (χ1) is 13.5. The van der Waals surface area contributed by atoms with Crippen LogP contribution in [0.25, 0.3) is 11.4 Å². The molecule has 2 amide bonds. The molecule has 0 bridgehead atoms. The van der Waals surface area contributed by atoms with E-state index in [-0.39, 0.29) is 24.2 Å². The van der Waals surface area contributed by atoms with Gasteiger partial charge in [0, 0.05) is 18.0 Å². The second kappa shape index (κ2) is 7.10. The zero-order valence-electron chi connectivity index (χ0n) is 15.3. The highest BCUT2D eigenvalue weighted by Crippen LogP contribution is 2.30. The molecular weight excluding hydrogens is 360 g/mol. The van der Waals surface area contributed by atoms with Crippen molar-refractivity contribution in [3.8, 4) is 17.1 Å². The van der Waals surface area contributed by atoms with Gasteiger partial charge in [-0.3, -0.25) is 19.9 Å². The third-order valence-electron chi connectivity index (χ3n) is 4.39. The Labute approximate surface area is 160 Å². The molecule has 0 saturated carbocycles. The molecule has 0 fully saturated rings. The Bertz CT molecular complexity index is 1050. The van der Waals surface area contributed by atoms with Gasteiger partial charge in [0.25, 0.3) is 0 Å². The van der Waals surface area contributed by atoms with Gasteiger partial charge in [0.1, 0.15) is 11.8 Å². The summed E-state index contributed by atoms with van der Waals surface area (Å²) in [5.74, 6) is 0.480. The molecule has 1 aliphatic rings. The van der Waals surface area contributed by atoms with Crippen molar-refractivity contribution >= 4 is 23.5 Å². The van der Waals surface area contributed by atoms with Crippen LogP contribution in [0.2, 0.25) is 0 Å². The van der Waals surface area contributed by atoms with Crippen LogP contribution in [0, 0.1) is 6.92 Å². The molecule has 9 heteroatoms. The zero-order valence-corrected chi connectivity index (χ0v) is 15.3. The Morgan fingerprint density at radius 2 is 2.21 bits per heavy atom. The first kappa shape index (κ1) is 17.7. The van der Waals surface area contributed by atoms with Crippen molar-refractivity contribution in [3.63, 3.8) is 0 Å². The summed E-state index contributed by atoms with van der Waals surface area (Å²) in [4.78, 5) is 33.4. The van der Waals surface area contributed by atoms with E-state index in [4.69, 9.17) is 4.74 Å². The highest BCUT2D eigenvalue weighted by molar-refractivity contribution is 6.01. The molecule has 2 aromatic heterocycles. The van der Waals surface area contributed by atoms with Crippen LogP contribution in [0.1, 0.15) is 18.0 Å². The molecule has 142 valence electrons. The van der Waals surface area contributed by atoms with Crippen molar-refractivity contribution in [2.75, 3.05) is 17.7 Å². The number of nitrogens with one attached hydrogen (secondary N) is 2. The molecule has 1 unspecified atom stereocenters. The minimum atomic E-state index is -0.827. The van der Waals surface area contributed by atoms with E-state index in [1.165, 1.54) is 11.8 Å². The molecule has 4 rings (SSSR count). The Kier molecular flexibility index (Phi) is 4.48. The van der Waals surface area contributed by atoms with Crippen LogP contribution in [0.5, 0.6) is 5.75 Å². The second-order valence-corrected chi connectivity index (χ2v) is 6.41.